The van der Waals surface area contributed by atoms with Gasteiger partial charge in [-0.25, -0.2) is 0 Å². The van der Waals surface area contributed by atoms with Crippen LogP contribution in [0.1, 0.15) is 59.3 Å². The van der Waals surface area contributed by atoms with Crippen molar-refractivity contribution in [3.63, 3.8) is 0 Å². The summed E-state index contributed by atoms with van der Waals surface area (Å²) in [7, 11) is -1.81. The van der Waals surface area contributed by atoms with Crippen molar-refractivity contribution in [2.75, 3.05) is 0 Å². The Kier molecular flexibility index (Phi) is 4.89. The highest BCUT2D eigenvalue weighted by atomic mass is 28.4. The lowest BCUT2D eigenvalue weighted by Gasteiger charge is -2.51. The maximum Gasteiger partial charge on any atom is 0.192 e. The smallest absolute Gasteiger partial charge is 0.192 e. The van der Waals surface area contributed by atoms with Crippen LogP contribution in [0.3, 0.4) is 0 Å². The second kappa shape index (κ2) is 6.08. The molecule has 0 saturated heterocycles. The Labute approximate surface area is 137 Å². The van der Waals surface area contributed by atoms with Crippen LogP contribution in [0, 0.1) is 5.41 Å². The summed E-state index contributed by atoms with van der Waals surface area (Å²) in [5.74, 6) is 0.294. The number of carbonyl (C=O) groups is 1. The highest BCUT2D eigenvalue weighted by Gasteiger charge is 2.49. The van der Waals surface area contributed by atoms with E-state index in [9.17, 15) is 4.79 Å². The molecular weight excluding hydrogens is 288 g/mol. The van der Waals surface area contributed by atoms with E-state index in [0.717, 1.165) is 32.1 Å². The van der Waals surface area contributed by atoms with Crippen molar-refractivity contribution in [2.24, 2.45) is 5.41 Å². The summed E-state index contributed by atoms with van der Waals surface area (Å²) in [6.07, 6.45) is 10.0. The first-order chi connectivity index (χ1) is 10.1. The van der Waals surface area contributed by atoms with Gasteiger partial charge in [0, 0.05) is 11.8 Å². The Balaban J connectivity index is 2.35. The largest absolute Gasteiger partial charge is 0.413 e. The van der Waals surface area contributed by atoms with E-state index in [1.54, 1.807) is 0 Å². The molecule has 2 nitrogen and oxygen atoms in total. The molecule has 3 heteroatoms. The van der Waals surface area contributed by atoms with Gasteiger partial charge in [0.05, 0.1) is 6.10 Å². The third-order valence-corrected chi connectivity index (χ3v) is 10.6. The lowest BCUT2D eigenvalue weighted by atomic mass is 9.61. The van der Waals surface area contributed by atoms with Crippen LogP contribution in [-0.2, 0) is 9.22 Å². The molecule has 0 bridgehead atoms. The summed E-state index contributed by atoms with van der Waals surface area (Å²) in [6.45, 7) is 15.5. The maximum absolute atomic E-state index is 11.9. The van der Waals surface area contributed by atoms with Crippen LogP contribution in [-0.4, -0.2) is 20.2 Å². The molecule has 0 aromatic rings. The van der Waals surface area contributed by atoms with Gasteiger partial charge < -0.3 is 4.43 Å². The van der Waals surface area contributed by atoms with Crippen molar-refractivity contribution >= 4 is 14.1 Å². The van der Waals surface area contributed by atoms with E-state index in [-0.39, 0.29) is 16.6 Å². The van der Waals surface area contributed by atoms with Crippen LogP contribution in [0.2, 0.25) is 18.1 Å². The van der Waals surface area contributed by atoms with Crippen LogP contribution in [0.25, 0.3) is 0 Å². The zero-order chi connectivity index (χ0) is 16.6. The summed E-state index contributed by atoms with van der Waals surface area (Å²) in [5.41, 5.74) is 1.36. The Morgan fingerprint density at radius 3 is 2.68 bits per heavy atom. The van der Waals surface area contributed by atoms with E-state index in [0.29, 0.717) is 12.2 Å². The Morgan fingerprint density at radius 1 is 1.41 bits per heavy atom. The van der Waals surface area contributed by atoms with Gasteiger partial charge >= 0.3 is 0 Å². The Bertz CT molecular complexity index is 484. The van der Waals surface area contributed by atoms with Gasteiger partial charge in [0.15, 0.2) is 14.1 Å². The highest BCUT2D eigenvalue weighted by molar-refractivity contribution is 6.74. The SMILES string of the molecule is C=CC[C@]12CCC(=O)C=C1CCC[C@@H]2O[Si](C)(C)C(C)(C)C. The van der Waals surface area contributed by atoms with Gasteiger partial charge in [0.1, 0.15) is 0 Å². The zero-order valence-corrected chi connectivity index (χ0v) is 16.0. The van der Waals surface area contributed by atoms with E-state index in [1.165, 1.54) is 5.57 Å². The predicted molar refractivity (Wildman–Crippen MR) is 95.5 cm³/mol. The average Bonchev–Trinajstić information content (AvgIpc) is 2.39. The van der Waals surface area contributed by atoms with Crippen LogP contribution in [0.4, 0.5) is 0 Å². The monoisotopic (exact) mass is 320 g/mol. The number of hydrogen-bond donors (Lipinski definition) is 0. The van der Waals surface area contributed by atoms with Crippen LogP contribution < -0.4 is 0 Å². The number of carbonyl (C=O) groups excluding carboxylic acids is 1. The summed E-state index contributed by atoms with van der Waals surface area (Å²) < 4.78 is 6.84. The topological polar surface area (TPSA) is 26.3 Å². The number of allylic oxidation sites excluding steroid dienone is 2. The quantitative estimate of drug-likeness (QED) is 0.511. The van der Waals surface area contributed by atoms with Gasteiger partial charge in [-0.15, -0.1) is 6.58 Å². The molecular formula is C19H32O2Si. The first kappa shape index (κ1) is 17.7. The van der Waals surface area contributed by atoms with Gasteiger partial charge in [-0.3, -0.25) is 4.79 Å². The predicted octanol–water partition coefficient (Wildman–Crippen LogP) is 5.41. The summed E-state index contributed by atoms with van der Waals surface area (Å²) in [5, 5.41) is 0.216. The van der Waals surface area contributed by atoms with Crippen LogP contribution in [0.15, 0.2) is 24.3 Å². The molecule has 0 aliphatic heterocycles. The first-order valence-electron chi connectivity index (χ1n) is 8.65. The number of rotatable bonds is 4. The molecule has 0 N–H and O–H groups in total. The molecule has 124 valence electrons. The van der Waals surface area contributed by atoms with E-state index < -0.39 is 8.32 Å². The van der Waals surface area contributed by atoms with Crippen molar-refractivity contribution in [3.8, 4) is 0 Å². The Morgan fingerprint density at radius 2 is 2.09 bits per heavy atom. The fraction of sp³-hybridized carbons (Fsp3) is 0.737. The van der Waals surface area contributed by atoms with E-state index >= 15 is 0 Å². The molecule has 0 radical (unpaired) electrons. The molecule has 2 aliphatic rings. The third-order valence-electron chi connectivity index (χ3n) is 6.07. The number of ketones is 1. The maximum atomic E-state index is 11.9. The highest BCUT2D eigenvalue weighted by Crippen LogP contribution is 2.52. The fourth-order valence-corrected chi connectivity index (χ4v) is 5.09. The van der Waals surface area contributed by atoms with Gasteiger partial charge in [0.2, 0.25) is 0 Å². The fourth-order valence-electron chi connectivity index (χ4n) is 3.69. The minimum absolute atomic E-state index is 0.0312. The molecule has 0 amide bonds. The molecule has 0 heterocycles. The summed E-state index contributed by atoms with van der Waals surface area (Å²) >= 11 is 0. The first-order valence-corrected chi connectivity index (χ1v) is 11.6. The van der Waals surface area contributed by atoms with Crippen molar-refractivity contribution in [1.29, 1.82) is 0 Å². The molecule has 0 spiro atoms. The lowest BCUT2D eigenvalue weighted by Crippen LogP contribution is -2.52. The van der Waals surface area contributed by atoms with Crippen molar-refractivity contribution < 1.29 is 9.22 Å². The van der Waals surface area contributed by atoms with Crippen molar-refractivity contribution in [2.45, 2.75) is 83.5 Å². The standard InChI is InChI=1S/C19H32O2Si/c1-7-12-19-13-11-16(20)14-15(19)9-8-10-17(19)21-22(5,6)18(2,3)4/h7,14,17H,1,8-13H2,2-6H3/t17-,19-/m0/s1. The normalized spacial score (nSPS) is 29.8. The van der Waals surface area contributed by atoms with Gasteiger partial charge in [-0.1, -0.05) is 32.4 Å². The molecule has 2 atom stereocenters. The van der Waals surface area contributed by atoms with E-state index in [4.69, 9.17) is 4.43 Å². The molecule has 2 rings (SSSR count). The molecule has 0 unspecified atom stereocenters. The number of hydrogen-bond acceptors (Lipinski definition) is 2. The van der Waals surface area contributed by atoms with Crippen LogP contribution in [0.5, 0.6) is 0 Å². The average molecular weight is 321 g/mol. The van der Waals surface area contributed by atoms with Crippen LogP contribution >= 0.6 is 0 Å². The molecule has 2 aliphatic carbocycles. The van der Waals surface area contributed by atoms with Gasteiger partial charge in [-0.05, 0) is 56.3 Å². The van der Waals surface area contributed by atoms with Crippen molar-refractivity contribution in [1.82, 2.24) is 0 Å². The second-order valence-electron chi connectivity index (χ2n) is 8.54. The number of fused-ring (bicyclic) bond motifs is 1. The van der Waals surface area contributed by atoms with Crippen molar-refractivity contribution in [3.05, 3.63) is 24.3 Å². The molecule has 1 saturated carbocycles. The molecule has 0 aromatic carbocycles. The van der Waals surface area contributed by atoms with Gasteiger partial charge in [0.25, 0.3) is 0 Å². The second-order valence-corrected chi connectivity index (χ2v) is 13.3. The zero-order valence-electron chi connectivity index (χ0n) is 15.0. The minimum Gasteiger partial charge on any atom is -0.413 e. The summed E-state index contributed by atoms with van der Waals surface area (Å²) in [4.78, 5) is 11.9. The third kappa shape index (κ3) is 3.16. The Hall–Kier alpha value is -0.673. The molecule has 0 aromatic heterocycles. The molecule has 22 heavy (non-hydrogen) atoms. The minimum atomic E-state index is -1.81. The molecule has 1 fully saturated rings. The van der Waals surface area contributed by atoms with E-state index in [2.05, 4.69) is 40.4 Å². The summed E-state index contributed by atoms with van der Waals surface area (Å²) in [6, 6.07) is 0. The van der Waals surface area contributed by atoms with E-state index in [1.807, 2.05) is 12.2 Å². The van der Waals surface area contributed by atoms with Gasteiger partial charge in [-0.2, -0.15) is 0 Å². The lowest BCUT2D eigenvalue weighted by molar-refractivity contribution is -0.116.